The SMILES string of the molecule is CCC(CC)N(C)c1nc(Cl)c(Cl)cc1Cl. The predicted octanol–water partition coefficient (Wildman–Crippen LogP) is 4.67. The largest absolute Gasteiger partial charge is 0.355 e. The Bertz CT molecular complexity index is 364. The Morgan fingerprint density at radius 1 is 1.19 bits per heavy atom. The summed E-state index contributed by atoms with van der Waals surface area (Å²) in [7, 11) is 1.97. The number of rotatable bonds is 4. The first-order valence-corrected chi connectivity index (χ1v) is 6.39. The highest BCUT2D eigenvalue weighted by molar-refractivity contribution is 6.42. The van der Waals surface area contributed by atoms with Gasteiger partial charge in [-0.1, -0.05) is 48.7 Å². The highest BCUT2D eigenvalue weighted by Gasteiger charge is 2.17. The maximum Gasteiger partial charge on any atom is 0.150 e. The quantitative estimate of drug-likeness (QED) is 0.746. The van der Waals surface area contributed by atoms with Crippen molar-refractivity contribution in [3.05, 3.63) is 21.3 Å². The lowest BCUT2D eigenvalue weighted by Crippen LogP contribution is -2.31. The summed E-state index contributed by atoms with van der Waals surface area (Å²) in [5.74, 6) is 0.685. The third-order valence-electron chi connectivity index (χ3n) is 2.69. The van der Waals surface area contributed by atoms with Crippen molar-refractivity contribution in [2.75, 3.05) is 11.9 Å². The van der Waals surface area contributed by atoms with Crippen LogP contribution in [0.2, 0.25) is 15.2 Å². The molecule has 0 aromatic carbocycles. The zero-order chi connectivity index (χ0) is 12.3. The Labute approximate surface area is 112 Å². The summed E-state index contributed by atoms with van der Waals surface area (Å²) in [4.78, 5) is 6.26. The first-order chi connectivity index (χ1) is 7.51. The normalized spacial score (nSPS) is 10.9. The topological polar surface area (TPSA) is 16.1 Å². The molecular formula is C11H15Cl3N2. The van der Waals surface area contributed by atoms with Gasteiger partial charge in [-0.2, -0.15) is 0 Å². The van der Waals surface area contributed by atoms with Gasteiger partial charge in [-0.3, -0.25) is 0 Å². The number of anilines is 1. The monoisotopic (exact) mass is 280 g/mol. The van der Waals surface area contributed by atoms with Gasteiger partial charge in [-0.25, -0.2) is 4.98 Å². The Kier molecular flexibility index (Phi) is 5.16. The molecule has 0 bridgehead atoms. The van der Waals surface area contributed by atoms with Crippen LogP contribution in [-0.2, 0) is 0 Å². The lowest BCUT2D eigenvalue weighted by Gasteiger charge is -2.28. The van der Waals surface area contributed by atoms with Gasteiger partial charge in [0.15, 0.2) is 0 Å². The number of pyridine rings is 1. The van der Waals surface area contributed by atoms with Gasteiger partial charge in [0, 0.05) is 13.1 Å². The number of hydrogen-bond acceptors (Lipinski definition) is 2. The van der Waals surface area contributed by atoms with Gasteiger partial charge < -0.3 is 4.90 Å². The summed E-state index contributed by atoms with van der Waals surface area (Å²) < 4.78 is 0. The predicted molar refractivity (Wildman–Crippen MR) is 72.0 cm³/mol. The standard InChI is InChI=1S/C11H15Cl3N2/c1-4-7(5-2)16(3)11-9(13)6-8(12)10(14)15-11/h6-7H,4-5H2,1-3H3. The summed E-state index contributed by atoms with van der Waals surface area (Å²) in [6.07, 6.45) is 2.07. The molecule has 2 nitrogen and oxygen atoms in total. The van der Waals surface area contributed by atoms with Gasteiger partial charge in [0.25, 0.3) is 0 Å². The van der Waals surface area contributed by atoms with Gasteiger partial charge in [-0.15, -0.1) is 0 Å². The van der Waals surface area contributed by atoms with E-state index in [1.165, 1.54) is 0 Å². The molecule has 0 radical (unpaired) electrons. The molecule has 0 saturated heterocycles. The second-order valence-electron chi connectivity index (χ2n) is 3.65. The van der Waals surface area contributed by atoms with Crippen LogP contribution in [0.15, 0.2) is 6.07 Å². The van der Waals surface area contributed by atoms with Crippen molar-refractivity contribution in [3.8, 4) is 0 Å². The zero-order valence-corrected chi connectivity index (χ0v) is 11.9. The average Bonchev–Trinajstić information content (AvgIpc) is 2.25. The Balaban J connectivity index is 3.07. The van der Waals surface area contributed by atoms with Crippen molar-refractivity contribution in [2.24, 2.45) is 0 Å². The Morgan fingerprint density at radius 3 is 2.25 bits per heavy atom. The molecule has 1 rings (SSSR count). The second-order valence-corrected chi connectivity index (χ2v) is 4.82. The van der Waals surface area contributed by atoms with E-state index in [0.717, 1.165) is 12.8 Å². The van der Waals surface area contributed by atoms with E-state index in [1.807, 2.05) is 11.9 Å². The molecule has 0 N–H and O–H groups in total. The smallest absolute Gasteiger partial charge is 0.150 e. The van der Waals surface area contributed by atoms with Gasteiger partial charge in [0.05, 0.1) is 10.0 Å². The van der Waals surface area contributed by atoms with Crippen LogP contribution in [0.1, 0.15) is 26.7 Å². The van der Waals surface area contributed by atoms with Gasteiger partial charge in [-0.05, 0) is 18.9 Å². The second kappa shape index (κ2) is 5.95. The van der Waals surface area contributed by atoms with Crippen LogP contribution in [0.25, 0.3) is 0 Å². The van der Waals surface area contributed by atoms with Crippen molar-refractivity contribution in [2.45, 2.75) is 32.7 Å². The Morgan fingerprint density at radius 2 is 1.75 bits per heavy atom. The summed E-state index contributed by atoms with van der Waals surface area (Å²) in [6.45, 7) is 4.27. The molecule has 0 saturated carbocycles. The van der Waals surface area contributed by atoms with Crippen molar-refractivity contribution in [1.29, 1.82) is 0 Å². The molecule has 0 fully saturated rings. The maximum atomic E-state index is 6.11. The van der Waals surface area contributed by atoms with E-state index in [9.17, 15) is 0 Å². The van der Waals surface area contributed by atoms with Crippen molar-refractivity contribution in [1.82, 2.24) is 4.98 Å². The van der Waals surface area contributed by atoms with Crippen molar-refractivity contribution in [3.63, 3.8) is 0 Å². The molecule has 0 aliphatic carbocycles. The van der Waals surface area contributed by atoms with Crippen molar-refractivity contribution < 1.29 is 0 Å². The molecule has 0 amide bonds. The first kappa shape index (κ1) is 13.9. The van der Waals surface area contributed by atoms with Gasteiger partial charge in [0.1, 0.15) is 11.0 Å². The average molecular weight is 282 g/mol. The van der Waals surface area contributed by atoms with Crippen LogP contribution in [0.3, 0.4) is 0 Å². The molecule has 0 aliphatic rings. The van der Waals surface area contributed by atoms with E-state index in [2.05, 4.69) is 18.8 Å². The molecule has 0 unspecified atom stereocenters. The van der Waals surface area contributed by atoms with E-state index in [0.29, 0.717) is 27.1 Å². The van der Waals surface area contributed by atoms with E-state index in [1.54, 1.807) is 6.07 Å². The van der Waals surface area contributed by atoms with E-state index >= 15 is 0 Å². The molecule has 1 aromatic rings. The lowest BCUT2D eigenvalue weighted by molar-refractivity contribution is 0.587. The molecule has 1 aromatic heterocycles. The number of aromatic nitrogens is 1. The van der Waals surface area contributed by atoms with E-state index in [4.69, 9.17) is 34.8 Å². The fourth-order valence-corrected chi connectivity index (χ4v) is 2.32. The number of halogens is 3. The molecule has 1 heterocycles. The van der Waals surface area contributed by atoms with Crippen LogP contribution < -0.4 is 4.90 Å². The molecule has 16 heavy (non-hydrogen) atoms. The highest BCUT2D eigenvalue weighted by Crippen LogP contribution is 2.32. The highest BCUT2D eigenvalue weighted by atomic mass is 35.5. The van der Waals surface area contributed by atoms with Crippen LogP contribution in [0, 0.1) is 0 Å². The van der Waals surface area contributed by atoms with Gasteiger partial charge in [0.2, 0.25) is 0 Å². The summed E-state index contributed by atoms with van der Waals surface area (Å²) in [6, 6.07) is 2.04. The van der Waals surface area contributed by atoms with Gasteiger partial charge >= 0.3 is 0 Å². The zero-order valence-electron chi connectivity index (χ0n) is 9.60. The molecule has 5 heteroatoms. The van der Waals surface area contributed by atoms with Crippen LogP contribution in [0.5, 0.6) is 0 Å². The lowest BCUT2D eigenvalue weighted by atomic mass is 10.1. The fourth-order valence-electron chi connectivity index (χ4n) is 1.69. The first-order valence-electron chi connectivity index (χ1n) is 5.25. The molecule has 0 spiro atoms. The summed E-state index contributed by atoms with van der Waals surface area (Å²) in [5.41, 5.74) is 0. The molecule has 0 atom stereocenters. The Hall–Kier alpha value is -0.180. The number of nitrogens with zero attached hydrogens (tertiary/aromatic N) is 2. The van der Waals surface area contributed by atoms with Crippen LogP contribution >= 0.6 is 34.8 Å². The minimum absolute atomic E-state index is 0.291. The van der Waals surface area contributed by atoms with Crippen molar-refractivity contribution >= 4 is 40.6 Å². The number of hydrogen-bond donors (Lipinski definition) is 0. The third kappa shape index (κ3) is 2.93. The minimum atomic E-state index is 0.291. The molecular weight excluding hydrogens is 266 g/mol. The summed E-state index contributed by atoms with van der Waals surface area (Å²) >= 11 is 17.8. The van der Waals surface area contributed by atoms with E-state index < -0.39 is 0 Å². The fraction of sp³-hybridized carbons (Fsp3) is 0.545. The maximum absolute atomic E-state index is 6.11. The van der Waals surface area contributed by atoms with Crippen LogP contribution in [-0.4, -0.2) is 18.1 Å². The molecule has 0 aliphatic heterocycles. The third-order valence-corrected chi connectivity index (χ3v) is 3.64. The van der Waals surface area contributed by atoms with E-state index in [-0.39, 0.29) is 0 Å². The molecule has 90 valence electrons. The summed E-state index contributed by atoms with van der Waals surface area (Å²) in [5, 5.41) is 1.20. The van der Waals surface area contributed by atoms with Crippen LogP contribution in [0.4, 0.5) is 5.82 Å². The minimum Gasteiger partial charge on any atom is -0.355 e.